The number of carbonyl (C=O) groups is 1. The van der Waals surface area contributed by atoms with Crippen LogP contribution in [0.3, 0.4) is 0 Å². The summed E-state index contributed by atoms with van der Waals surface area (Å²) in [6.07, 6.45) is 0. The van der Waals surface area contributed by atoms with Gasteiger partial charge in [0.15, 0.2) is 0 Å². The smallest absolute Gasteiger partial charge is 0.251 e. The van der Waals surface area contributed by atoms with E-state index >= 15 is 0 Å². The molecule has 0 aromatic heterocycles. The van der Waals surface area contributed by atoms with Crippen LogP contribution in [0.15, 0.2) is 46.9 Å². The van der Waals surface area contributed by atoms with E-state index in [4.69, 9.17) is 10.5 Å². The van der Waals surface area contributed by atoms with E-state index in [9.17, 15) is 4.79 Å². The van der Waals surface area contributed by atoms with Crippen molar-refractivity contribution in [2.24, 2.45) is 0 Å². The summed E-state index contributed by atoms with van der Waals surface area (Å²) in [4.78, 5) is 12.3. The van der Waals surface area contributed by atoms with E-state index in [1.165, 1.54) is 0 Å². The SMILES string of the molecule is COc1ccccc1C(C)NC(=O)c1cc(N)cc(Br)c1. The fourth-order valence-corrected chi connectivity index (χ4v) is 2.64. The zero-order valence-corrected chi connectivity index (χ0v) is 13.5. The van der Waals surface area contributed by atoms with Crippen LogP contribution in [0.25, 0.3) is 0 Å². The first-order valence-corrected chi connectivity index (χ1v) is 7.30. The number of anilines is 1. The highest BCUT2D eigenvalue weighted by atomic mass is 79.9. The quantitative estimate of drug-likeness (QED) is 0.830. The van der Waals surface area contributed by atoms with Gasteiger partial charge in [0.25, 0.3) is 5.91 Å². The Morgan fingerprint density at radius 1 is 1.29 bits per heavy atom. The normalized spacial score (nSPS) is 11.8. The van der Waals surface area contributed by atoms with Gasteiger partial charge in [-0.25, -0.2) is 0 Å². The van der Waals surface area contributed by atoms with Gasteiger partial charge in [-0.15, -0.1) is 0 Å². The van der Waals surface area contributed by atoms with Crippen LogP contribution in [0.1, 0.15) is 28.9 Å². The molecule has 1 unspecified atom stereocenters. The van der Waals surface area contributed by atoms with E-state index in [1.54, 1.807) is 25.3 Å². The molecule has 0 aliphatic heterocycles. The highest BCUT2D eigenvalue weighted by Crippen LogP contribution is 2.25. The van der Waals surface area contributed by atoms with Crippen molar-refractivity contribution in [2.45, 2.75) is 13.0 Å². The van der Waals surface area contributed by atoms with Crippen molar-refractivity contribution in [3.63, 3.8) is 0 Å². The van der Waals surface area contributed by atoms with Gasteiger partial charge < -0.3 is 15.8 Å². The van der Waals surface area contributed by atoms with E-state index in [0.29, 0.717) is 11.3 Å². The monoisotopic (exact) mass is 348 g/mol. The average Bonchev–Trinajstić information content (AvgIpc) is 2.46. The summed E-state index contributed by atoms with van der Waals surface area (Å²) >= 11 is 3.34. The van der Waals surface area contributed by atoms with E-state index in [1.807, 2.05) is 31.2 Å². The predicted octanol–water partition coefficient (Wildman–Crippen LogP) is 3.53. The van der Waals surface area contributed by atoms with Crippen LogP contribution >= 0.6 is 15.9 Å². The number of nitrogens with two attached hydrogens (primary N) is 1. The van der Waals surface area contributed by atoms with E-state index < -0.39 is 0 Å². The zero-order chi connectivity index (χ0) is 15.4. The number of hydrogen-bond acceptors (Lipinski definition) is 3. The Bertz CT molecular complexity index is 638. The summed E-state index contributed by atoms with van der Waals surface area (Å²) in [7, 11) is 1.61. The molecule has 2 aromatic carbocycles. The lowest BCUT2D eigenvalue weighted by Crippen LogP contribution is -2.27. The summed E-state index contributed by atoms with van der Waals surface area (Å²) in [6, 6.07) is 12.6. The Morgan fingerprint density at radius 2 is 2.00 bits per heavy atom. The zero-order valence-electron chi connectivity index (χ0n) is 11.9. The second-order valence-electron chi connectivity index (χ2n) is 4.71. The topological polar surface area (TPSA) is 64.3 Å². The van der Waals surface area contributed by atoms with E-state index in [0.717, 1.165) is 15.8 Å². The number of ether oxygens (including phenoxy) is 1. The first-order valence-electron chi connectivity index (χ1n) is 6.51. The number of para-hydroxylation sites is 1. The third kappa shape index (κ3) is 3.76. The molecule has 0 saturated heterocycles. The van der Waals surface area contributed by atoms with Crippen molar-refractivity contribution in [1.29, 1.82) is 0 Å². The van der Waals surface area contributed by atoms with Gasteiger partial charge in [-0.1, -0.05) is 34.1 Å². The average molecular weight is 349 g/mol. The molecule has 0 fully saturated rings. The summed E-state index contributed by atoms with van der Waals surface area (Å²) in [6.45, 7) is 1.91. The molecule has 0 radical (unpaired) electrons. The van der Waals surface area contributed by atoms with Crippen molar-refractivity contribution in [3.8, 4) is 5.75 Å². The van der Waals surface area contributed by atoms with Crippen LogP contribution in [0.5, 0.6) is 5.75 Å². The Labute approximate surface area is 132 Å². The van der Waals surface area contributed by atoms with E-state index in [2.05, 4.69) is 21.2 Å². The summed E-state index contributed by atoms with van der Waals surface area (Å²) < 4.78 is 6.09. The highest BCUT2D eigenvalue weighted by molar-refractivity contribution is 9.10. The molecule has 4 nitrogen and oxygen atoms in total. The lowest BCUT2D eigenvalue weighted by molar-refractivity contribution is 0.0939. The highest BCUT2D eigenvalue weighted by Gasteiger charge is 2.15. The van der Waals surface area contributed by atoms with Gasteiger partial charge in [-0.05, 0) is 31.2 Å². The van der Waals surface area contributed by atoms with E-state index in [-0.39, 0.29) is 11.9 Å². The first-order chi connectivity index (χ1) is 10.0. The van der Waals surface area contributed by atoms with Gasteiger partial charge in [0.2, 0.25) is 0 Å². The molecule has 0 saturated carbocycles. The second kappa shape index (κ2) is 6.63. The molecule has 0 heterocycles. The maximum atomic E-state index is 12.3. The molecule has 5 heteroatoms. The molecule has 0 bridgehead atoms. The lowest BCUT2D eigenvalue weighted by Gasteiger charge is -2.17. The number of halogens is 1. The van der Waals surface area contributed by atoms with Crippen LogP contribution in [0.2, 0.25) is 0 Å². The van der Waals surface area contributed by atoms with Crippen molar-refractivity contribution in [1.82, 2.24) is 5.32 Å². The fraction of sp³-hybridized carbons (Fsp3) is 0.188. The molecule has 110 valence electrons. The van der Waals surface area contributed by atoms with Crippen LogP contribution < -0.4 is 15.8 Å². The van der Waals surface area contributed by atoms with Crippen molar-refractivity contribution < 1.29 is 9.53 Å². The number of amides is 1. The van der Waals surface area contributed by atoms with Gasteiger partial charge in [-0.2, -0.15) is 0 Å². The van der Waals surface area contributed by atoms with Crippen molar-refractivity contribution in [3.05, 3.63) is 58.1 Å². The Morgan fingerprint density at radius 3 is 2.67 bits per heavy atom. The van der Waals surface area contributed by atoms with Gasteiger partial charge in [0.1, 0.15) is 5.75 Å². The lowest BCUT2D eigenvalue weighted by atomic mass is 10.1. The molecule has 0 aliphatic rings. The number of nitrogen functional groups attached to an aromatic ring is 1. The minimum atomic E-state index is -0.179. The standard InChI is InChI=1S/C16H17BrN2O2/c1-10(14-5-3-4-6-15(14)21-2)19-16(20)11-7-12(17)9-13(18)8-11/h3-10H,18H2,1-2H3,(H,19,20). The molecule has 1 atom stereocenters. The van der Waals surface area contributed by atoms with Crippen molar-refractivity contribution in [2.75, 3.05) is 12.8 Å². The molecule has 3 N–H and O–H groups in total. The Kier molecular flexibility index (Phi) is 4.85. The number of carbonyl (C=O) groups excluding carboxylic acids is 1. The second-order valence-corrected chi connectivity index (χ2v) is 5.63. The number of rotatable bonds is 4. The molecule has 0 aliphatic carbocycles. The summed E-state index contributed by atoms with van der Waals surface area (Å²) in [5, 5.41) is 2.95. The minimum absolute atomic E-state index is 0.172. The molecular formula is C16H17BrN2O2. The molecule has 0 spiro atoms. The number of methoxy groups -OCH3 is 1. The van der Waals surface area contributed by atoms with Gasteiger partial charge in [0, 0.05) is 21.3 Å². The van der Waals surface area contributed by atoms with Gasteiger partial charge >= 0.3 is 0 Å². The predicted molar refractivity (Wildman–Crippen MR) is 87.4 cm³/mol. The van der Waals surface area contributed by atoms with Gasteiger partial charge in [-0.3, -0.25) is 4.79 Å². The minimum Gasteiger partial charge on any atom is -0.496 e. The van der Waals surface area contributed by atoms with Crippen molar-refractivity contribution >= 4 is 27.5 Å². The van der Waals surface area contributed by atoms with Crippen LogP contribution in [0, 0.1) is 0 Å². The third-order valence-electron chi connectivity index (χ3n) is 3.14. The maximum Gasteiger partial charge on any atom is 0.251 e. The molecule has 21 heavy (non-hydrogen) atoms. The molecular weight excluding hydrogens is 332 g/mol. The largest absolute Gasteiger partial charge is 0.496 e. The molecule has 1 amide bonds. The summed E-state index contributed by atoms with van der Waals surface area (Å²) in [5.41, 5.74) is 7.74. The summed E-state index contributed by atoms with van der Waals surface area (Å²) in [5.74, 6) is 0.570. The Balaban J connectivity index is 2.18. The number of benzene rings is 2. The molecule has 2 aromatic rings. The number of hydrogen-bond donors (Lipinski definition) is 2. The Hall–Kier alpha value is -2.01. The van der Waals surface area contributed by atoms with Crippen LogP contribution in [0.4, 0.5) is 5.69 Å². The number of nitrogens with one attached hydrogen (secondary N) is 1. The molecule has 2 rings (SSSR count). The van der Waals surface area contributed by atoms with Crippen LogP contribution in [-0.4, -0.2) is 13.0 Å². The first kappa shape index (κ1) is 15.4. The maximum absolute atomic E-state index is 12.3. The van der Waals surface area contributed by atoms with Gasteiger partial charge in [0.05, 0.1) is 13.2 Å². The fourth-order valence-electron chi connectivity index (χ4n) is 2.13. The third-order valence-corrected chi connectivity index (χ3v) is 3.59. The van der Waals surface area contributed by atoms with Crippen LogP contribution in [-0.2, 0) is 0 Å².